The number of carbonyl (C=O) groups excluding carboxylic acids is 1. The van der Waals surface area contributed by atoms with E-state index < -0.39 is 17.3 Å². The van der Waals surface area contributed by atoms with Gasteiger partial charge in [-0.3, -0.25) is 4.79 Å². The van der Waals surface area contributed by atoms with E-state index in [2.05, 4.69) is 10.5 Å². The molecule has 1 amide bonds. The first-order valence-electron chi connectivity index (χ1n) is 5.46. The Kier molecular flexibility index (Phi) is 4.44. The van der Waals surface area contributed by atoms with E-state index in [1.807, 2.05) is 0 Å². The van der Waals surface area contributed by atoms with Gasteiger partial charge in [0.25, 0.3) is 5.91 Å². The lowest BCUT2D eigenvalue weighted by molar-refractivity contribution is -0.133. The summed E-state index contributed by atoms with van der Waals surface area (Å²) in [7, 11) is 1.41. The van der Waals surface area contributed by atoms with Crippen LogP contribution in [0, 0.1) is 5.82 Å². The van der Waals surface area contributed by atoms with Crippen LogP contribution in [0.2, 0.25) is 0 Å². The predicted molar refractivity (Wildman–Crippen MR) is 68.6 cm³/mol. The third-order valence-corrected chi connectivity index (χ3v) is 2.67. The molecule has 19 heavy (non-hydrogen) atoms. The molecule has 1 rings (SSSR count). The number of benzene rings is 1. The van der Waals surface area contributed by atoms with E-state index in [-0.39, 0.29) is 11.4 Å². The summed E-state index contributed by atoms with van der Waals surface area (Å²) in [5, 5.41) is 13.8. The van der Waals surface area contributed by atoms with Crippen molar-refractivity contribution < 1.29 is 19.1 Å². The number of halogens is 1. The van der Waals surface area contributed by atoms with Crippen LogP contribution in [0.4, 0.5) is 10.1 Å². The topological polar surface area (TPSA) is 96.9 Å². The molecule has 0 fully saturated rings. The number of hydrogen-bond acceptors (Lipinski definition) is 4. The zero-order valence-electron chi connectivity index (χ0n) is 10.9. The first-order valence-corrected chi connectivity index (χ1v) is 5.46. The molecular formula is C12H16FN3O3. The number of methoxy groups -OCH3 is 1. The fourth-order valence-electron chi connectivity index (χ4n) is 1.23. The Morgan fingerprint density at radius 3 is 2.68 bits per heavy atom. The number of nitrogens with one attached hydrogen (secondary N) is 1. The van der Waals surface area contributed by atoms with Gasteiger partial charge in [-0.15, -0.1) is 0 Å². The number of hydrogen-bond donors (Lipinski definition) is 3. The molecule has 0 atom stereocenters. The van der Waals surface area contributed by atoms with Gasteiger partial charge in [0.05, 0.1) is 5.56 Å². The molecule has 0 aliphatic heterocycles. The summed E-state index contributed by atoms with van der Waals surface area (Å²) in [6.07, 6.45) is 0. The average molecular weight is 269 g/mol. The zero-order valence-corrected chi connectivity index (χ0v) is 10.9. The third kappa shape index (κ3) is 3.41. The van der Waals surface area contributed by atoms with Crippen LogP contribution in [0.15, 0.2) is 23.4 Å². The molecule has 7 heteroatoms. The normalized spacial score (nSPS) is 12.3. The van der Waals surface area contributed by atoms with Crippen molar-refractivity contribution in [3.05, 3.63) is 29.6 Å². The Balaban J connectivity index is 3.02. The van der Waals surface area contributed by atoms with Crippen LogP contribution < -0.4 is 11.1 Å². The van der Waals surface area contributed by atoms with Crippen LogP contribution in [-0.4, -0.2) is 29.7 Å². The molecule has 1 aromatic carbocycles. The molecule has 0 heterocycles. The van der Waals surface area contributed by atoms with Crippen molar-refractivity contribution in [1.29, 1.82) is 0 Å². The second kappa shape index (κ2) is 5.66. The molecule has 0 aliphatic carbocycles. The number of amidine groups is 1. The smallest absolute Gasteiger partial charge is 0.256 e. The molecule has 0 radical (unpaired) electrons. The number of nitrogens with zero attached hydrogens (tertiary/aromatic N) is 1. The highest BCUT2D eigenvalue weighted by Crippen LogP contribution is 2.17. The van der Waals surface area contributed by atoms with Gasteiger partial charge < -0.3 is 21.0 Å². The van der Waals surface area contributed by atoms with E-state index in [0.29, 0.717) is 5.69 Å². The Morgan fingerprint density at radius 2 is 2.16 bits per heavy atom. The molecule has 4 N–H and O–H groups in total. The minimum Gasteiger partial charge on any atom is -0.409 e. The number of nitrogens with two attached hydrogens (primary N) is 1. The quantitative estimate of drug-likeness (QED) is 0.332. The van der Waals surface area contributed by atoms with Gasteiger partial charge in [0.1, 0.15) is 11.4 Å². The highest BCUT2D eigenvalue weighted by molar-refractivity contribution is 6.00. The summed E-state index contributed by atoms with van der Waals surface area (Å²) in [6, 6.07) is 3.75. The molecule has 0 spiro atoms. The average Bonchev–Trinajstić information content (AvgIpc) is 2.39. The van der Waals surface area contributed by atoms with Gasteiger partial charge in [-0.2, -0.15) is 0 Å². The molecule has 0 saturated heterocycles. The molecule has 1 aromatic rings. The molecular weight excluding hydrogens is 253 g/mol. The Morgan fingerprint density at radius 1 is 1.53 bits per heavy atom. The maximum atomic E-state index is 13.4. The third-order valence-electron chi connectivity index (χ3n) is 2.67. The zero-order chi connectivity index (χ0) is 14.6. The van der Waals surface area contributed by atoms with Crippen molar-refractivity contribution >= 4 is 17.4 Å². The Bertz CT molecular complexity index is 515. The summed E-state index contributed by atoms with van der Waals surface area (Å²) in [4.78, 5) is 11.9. The maximum absolute atomic E-state index is 13.4. The number of anilines is 1. The predicted octanol–water partition coefficient (Wildman–Crippen LogP) is 1.28. The number of rotatable bonds is 4. The van der Waals surface area contributed by atoms with E-state index in [9.17, 15) is 9.18 Å². The van der Waals surface area contributed by atoms with Crippen LogP contribution in [0.3, 0.4) is 0 Å². The summed E-state index contributed by atoms with van der Waals surface area (Å²) in [6.45, 7) is 3.19. The number of ether oxygens (including phenoxy) is 1. The minimum atomic E-state index is -1.02. The monoisotopic (exact) mass is 269 g/mol. The van der Waals surface area contributed by atoms with Gasteiger partial charge in [-0.1, -0.05) is 5.16 Å². The van der Waals surface area contributed by atoms with Gasteiger partial charge in [-0.25, -0.2) is 4.39 Å². The summed E-state index contributed by atoms with van der Waals surface area (Å²) >= 11 is 0. The molecule has 0 unspecified atom stereocenters. The second-order valence-corrected chi connectivity index (χ2v) is 4.35. The first-order chi connectivity index (χ1) is 8.81. The van der Waals surface area contributed by atoms with Gasteiger partial charge in [-0.05, 0) is 32.0 Å². The fraction of sp³-hybridized carbons (Fsp3) is 0.333. The first kappa shape index (κ1) is 14.9. The Hall–Kier alpha value is -2.15. The van der Waals surface area contributed by atoms with Gasteiger partial charge in [0.15, 0.2) is 5.84 Å². The van der Waals surface area contributed by atoms with E-state index >= 15 is 0 Å². The summed E-state index contributed by atoms with van der Waals surface area (Å²) in [5.41, 5.74) is 4.52. The van der Waals surface area contributed by atoms with Crippen molar-refractivity contribution in [2.45, 2.75) is 19.4 Å². The molecule has 0 saturated carbocycles. The largest absolute Gasteiger partial charge is 0.409 e. The maximum Gasteiger partial charge on any atom is 0.256 e. The van der Waals surface area contributed by atoms with Crippen LogP contribution in [-0.2, 0) is 9.53 Å². The highest BCUT2D eigenvalue weighted by Gasteiger charge is 2.27. The number of oxime groups is 1. The van der Waals surface area contributed by atoms with Crippen LogP contribution in [0.5, 0.6) is 0 Å². The SMILES string of the molecule is COC(C)(C)C(=O)Nc1ccc(F)c(/C(N)=N/O)c1. The molecule has 0 aliphatic rings. The lowest BCUT2D eigenvalue weighted by atomic mass is 10.1. The second-order valence-electron chi connectivity index (χ2n) is 4.35. The van der Waals surface area contributed by atoms with Crippen LogP contribution >= 0.6 is 0 Å². The van der Waals surface area contributed by atoms with Gasteiger partial charge in [0, 0.05) is 12.8 Å². The highest BCUT2D eigenvalue weighted by atomic mass is 19.1. The molecule has 6 nitrogen and oxygen atoms in total. The van der Waals surface area contributed by atoms with Gasteiger partial charge in [0.2, 0.25) is 0 Å². The van der Waals surface area contributed by atoms with Crippen LogP contribution in [0.1, 0.15) is 19.4 Å². The Labute approximate surface area is 110 Å². The van der Waals surface area contributed by atoms with Gasteiger partial charge >= 0.3 is 0 Å². The van der Waals surface area contributed by atoms with Crippen LogP contribution in [0.25, 0.3) is 0 Å². The number of amides is 1. The van der Waals surface area contributed by atoms with Crippen molar-refractivity contribution in [1.82, 2.24) is 0 Å². The van der Waals surface area contributed by atoms with E-state index in [1.54, 1.807) is 13.8 Å². The van der Waals surface area contributed by atoms with E-state index in [0.717, 1.165) is 6.07 Å². The standard InChI is InChI=1S/C12H16FN3O3/c1-12(2,19-3)11(17)15-7-4-5-9(13)8(6-7)10(14)16-18/h4-6,18H,1-3H3,(H2,14,16)(H,15,17). The van der Waals surface area contributed by atoms with Crippen molar-refractivity contribution in [3.63, 3.8) is 0 Å². The molecule has 0 aromatic heterocycles. The minimum absolute atomic E-state index is 0.101. The summed E-state index contributed by atoms with van der Waals surface area (Å²) in [5.74, 6) is -1.43. The van der Waals surface area contributed by atoms with Crippen molar-refractivity contribution in [2.24, 2.45) is 10.9 Å². The number of carbonyl (C=O) groups is 1. The summed E-state index contributed by atoms with van der Waals surface area (Å²) < 4.78 is 18.5. The molecule has 104 valence electrons. The van der Waals surface area contributed by atoms with Crippen molar-refractivity contribution in [2.75, 3.05) is 12.4 Å². The van der Waals surface area contributed by atoms with E-state index in [4.69, 9.17) is 15.7 Å². The molecule has 0 bridgehead atoms. The van der Waals surface area contributed by atoms with E-state index in [1.165, 1.54) is 19.2 Å². The fourth-order valence-corrected chi connectivity index (χ4v) is 1.23. The lowest BCUT2D eigenvalue weighted by Crippen LogP contribution is -2.38. The lowest BCUT2D eigenvalue weighted by Gasteiger charge is -2.21. The van der Waals surface area contributed by atoms with Crippen molar-refractivity contribution in [3.8, 4) is 0 Å².